The molecule has 3 aliphatic rings. The minimum absolute atomic E-state index is 0.0762. The molecule has 2 unspecified atom stereocenters. The van der Waals surface area contributed by atoms with Gasteiger partial charge in [-0.1, -0.05) is 11.3 Å². The van der Waals surface area contributed by atoms with Crippen LogP contribution in [0.1, 0.15) is 32.1 Å². The maximum Gasteiger partial charge on any atom is 0.232 e. The molecule has 3 saturated carbocycles. The quantitative estimate of drug-likeness (QED) is 0.452. The number of carbonyl (C=O) groups excluding carboxylic acids is 1. The van der Waals surface area contributed by atoms with Crippen LogP contribution in [0.25, 0.3) is 15.9 Å². The number of ether oxygens (including phenoxy) is 1. The van der Waals surface area contributed by atoms with E-state index in [9.17, 15) is 4.79 Å². The molecule has 3 aliphatic carbocycles. The third kappa shape index (κ3) is 3.51. The molecular weight excluding hydrogens is 444 g/mol. The number of amides is 1. The highest BCUT2D eigenvalue weighted by Crippen LogP contribution is 2.52. The maximum absolute atomic E-state index is 12.0. The maximum atomic E-state index is 12.0. The summed E-state index contributed by atoms with van der Waals surface area (Å²) in [6.07, 6.45) is 5.90. The summed E-state index contributed by atoms with van der Waals surface area (Å²) in [5.41, 5.74) is 1.57. The Kier molecular flexibility index (Phi) is 4.20. The number of anilines is 1. The summed E-state index contributed by atoms with van der Waals surface area (Å²) in [6.45, 7) is 0. The van der Waals surface area contributed by atoms with E-state index < -0.39 is 0 Å². The van der Waals surface area contributed by atoms with Gasteiger partial charge in [-0.05, 0) is 80.0 Å². The molecule has 0 spiro atoms. The molecule has 0 aliphatic heterocycles. The Morgan fingerprint density at radius 3 is 2.84 bits per heavy atom. The molecular formula is C22H20N6O2S2. The summed E-state index contributed by atoms with van der Waals surface area (Å²) < 4.78 is 8.90. The van der Waals surface area contributed by atoms with Gasteiger partial charge in [0.25, 0.3) is 0 Å². The molecule has 7 rings (SSSR count). The lowest BCUT2D eigenvalue weighted by Crippen LogP contribution is -2.15. The molecule has 0 bridgehead atoms. The minimum Gasteiger partial charge on any atom is -0.473 e. The first-order chi connectivity index (χ1) is 15.7. The predicted molar refractivity (Wildman–Crippen MR) is 121 cm³/mol. The van der Waals surface area contributed by atoms with Crippen molar-refractivity contribution < 1.29 is 9.53 Å². The van der Waals surface area contributed by atoms with E-state index in [1.54, 1.807) is 4.52 Å². The summed E-state index contributed by atoms with van der Waals surface area (Å²) in [4.78, 5) is 17.6. The highest BCUT2D eigenvalue weighted by atomic mass is 32.2. The number of thiazole rings is 1. The fraction of sp³-hybridized carbons (Fsp3) is 0.409. The van der Waals surface area contributed by atoms with Crippen molar-refractivity contribution in [3.8, 4) is 5.88 Å². The van der Waals surface area contributed by atoms with Gasteiger partial charge >= 0.3 is 0 Å². The molecule has 3 aromatic heterocycles. The number of hydrogen-bond acceptors (Lipinski definition) is 8. The smallest absolute Gasteiger partial charge is 0.232 e. The molecule has 8 nitrogen and oxygen atoms in total. The van der Waals surface area contributed by atoms with Gasteiger partial charge in [0, 0.05) is 16.9 Å². The van der Waals surface area contributed by atoms with E-state index in [4.69, 9.17) is 4.74 Å². The Balaban J connectivity index is 1.11. The van der Waals surface area contributed by atoms with Crippen LogP contribution >= 0.6 is 23.1 Å². The van der Waals surface area contributed by atoms with Gasteiger partial charge in [-0.2, -0.15) is 4.52 Å². The summed E-state index contributed by atoms with van der Waals surface area (Å²) >= 11 is 2.99. The van der Waals surface area contributed by atoms with Crippen molar-refractivity contribution in [3.05, 3.63) is 30.3 Å². The molecule has 2 atom stereocenters. The minimum atomic E-state index is 0.0762. The molecule has 3 fully saturated rings. The molecule has 10 heteroatoms. The van der Waals surface area contributed by atoms with Crippen LogP contribution in [0.4, 0.5) is 5.13 Å². The molecule has 0 saturated heterocycles. The third-order valence-electron chi connectivity index (χ3n) is 6.44. The number of nitrogens with zero attached hydrogens (tertiary/aromatic N) is 5. The van der Waals surface area contributed by atoms with Crippen LogP contribution in [0, 0.1) is 17.8 Å². The first kappa shape index (κ1) is 18.8. The summed E-state index contributed by atoms with van der Waals surface area (Å²) in [5, 5.41) is 17.5. The van der Waals surface area contributed by atoms with Gasteiger partial charge in [-0.25, -0.2) is 4.98 Å². The molecule has 4 aromatic rings. The average molecular weight is 465 g/mol. The van der Waals surface area contributed by atoms with E-state index in [0.717, 1.165) is 52.6 Å². The lowest BCUT2D eigenvalue weighted by molar-refractivity contribution is -0.117. The second-order valence-corrected chi connectivity index (χ2v) is 11.0. The van der Waals surface area contributed by atoms with Crippen molar-refractivity contribution in [1.82, 2.24) is 24.8 Å². The van der Waals surface area contributed by atoms with Crippen LogP contribution < -0.4 is 10.1 Å². The van der Waals surface area contributed by atoms with Gasteiger partial charge in [0.2, 0.25) is 16.9 Å². The molecule has 1 N–H and O–H groups in total. The van der Waals surface area contributed by atoms with Crippen LogP contribution in [0.15, 0.2) is 40.4 Å². The number of carbonyl (C=O) groups is 1. The normalized spacial score (nSPS) is 24.1. The van der Waals surface area contributed by atoms with E-state index in [0.29, 0.717) is 21.8 Å². The fourth-order valence-corrected chi connectivity index (χ4v) is 6.29. The third-order valence-corrected chi connectivity index (χ3v) is 8.31. The van der Waals surface area contributed by atoms with E-state index >= 15 is 0 Å². The molecule has 162 valence electrons. The number of aromatic nitrogens is 5. The van der Waals surface area contributed by atoms with Crippen molar-refractivity contribution in [1.29, 1.82) is 0 Å². The number of rotatable bonds is 6. The summed E-state index contributed by atoms with van der Waals surface area (Å²) in [6, 6.07) is 9.82. The highest BCUT2D eigenvalue weighted by molar-refractivity contribution is 7.99. The second kappa shape index (κ2) is 7.14. The zero-order chi connectivity index (χ0) is 21.2. The van der Waals surface area contributed by atoms with E-state index in [-0.39, 0.29) is 17.9 Å². The fourth-order valence-electron chi connectivity index (χ4n) is 4.49. The van der Waals surface area contributed by atoms with Gasteiger partial charge in [-0.15, -0.1) is 15.3 Å². The van der Waals surface area contributed by atoms with Crippen LogP contribution in [0.2, 0.25) is 0 Å². The van der Waals surface area contributed by atoms with Gasteiger partial charge in [0.15, 0.2) is 10.8 Å². The second-order valence-electron chi connectivity index (χ2n) is 8.91. The number of benzene rings is 1. The largest absolute Gasteiger partial charge is 0.473 e. The van der Waals surface area contributed by atoms with E-state index in [1.165, 1.54) is 29.5 Å². The van der Waals surface area contributed by atoms with Crippen LogP contribution in [-0.4, -0.2) is 36.8 Å². The van der Waals surface area contributed by atoms with Gasteiger partial charge in [0.05, 0.1) is 10.2 Å². The monoisotopic (exact) mass is 464 g/mol. The Hall–Kier alpha value is -2.72. The molecule has 1 aromatic carbocycles. The van der Waals surface area contributed by atoms with Crippen molar-refractivity contribution in [3.63, 3.8) is 0 Å². The number of hydrogen-bond donors (Lipinski definition) is 1. The Bertz CT molecular complexity index is 1350. The Morgan fingerprint density at radius 1 is 1.12 bits per heavy atom. The van der Waals surface area contributed by atoms with Crippen molar-refractivity contribution in [2.24, 2.45) is 17.8 Å². The molecule has 1 amide bonds. The summed E-state index contributed by atoms with van der Waals surface area (Å²) in [7, 11) is 0. The van der Waals surface area contributed by atoms with Gasteiger partial charge in [0.1, 0.15) is 6.10 Å². The van der Waals surface area contributed by atoms with Crippen molar-refractivity contribution in [2.45, 2.75) is 48.3 Å². The van der Waals surface area contributed by atoms with Crippen LogP contribution in [0.5, 0.6) is 5.88 Å². The number of fused-ring (bicyclic) bond motifs is 3. The Morgan fingerprint density at radius 2 is 2.00 bits per heavy atom. The zero-order valence-corrected chi connectivity index (χ0v) is 18.7. The average Bonchev–Trinajstić information content (AvgIpc) is 3.65. The van der Waals surface area contributed by atoms with Gasteiger partial charge < -0.3 is 10.1 Å². The number of nitrogens with one attached hydrogen (secondary N) is 1. The lowest BCUT2D eigenvalue weighted by Gasteiger charge is -2.13. The Labute approximate surface area is 191 Å². The topological polar surface area (TPSA) is 94.3 Å². The first-order valence-electron chi connectivity index (χ1n) is 11.0. The van der Waals surface area contributed by atoms with E-state index in [1.807, 2.05) is 24.3 Å². The molecule has 3 heterocycles. The first-order valence-corrected chi connectivity index (χ1v) is 12.6. The van der Waals surface area contributed by atoms with E-state index in [2.05, 4.69) is 31.7 Å². The van der Waals surface area contributed by atoms with Crippen LogP contribution in [-0.2, 0) is 4.79 Å². The molecule has 0 radical (unpaired) electrons. The summed E-state index contributed by atoms with van der Waals surface area (Å²) in [5.74, 6) is 2.60. The zero-order valence-electron chi connectivity index (χ0n) is 17.1. The standard InChI is InChI=1S/C22H20N6O2S2/c29-20(11-1-2-11)24-21-23-16-4-3-15(10-17(16)32-21)31-22-26-25-18-5-6-19(27-28(18)22)30-14-8-12-7-13(12)9-14/h3-6,10-14H,1-2,7-9H2,(H,23,24,29). The van der Waals surface area contributed by atoms with Crippen molar-refractivity contribution >= 4 is 50.0 Å². The lowest BCUT2D eigenvalue weighted by atomic mass is 10.2. The van der Waals surface area contributed by atoms with Crippen LogP contribution in [0.3, 0.4) is 0 Å². The molecule has 32 heavy (non-hydrogen) atoms. The SMILES string of the molecule is O=C(Nc1nc2ccc(Sc3nnc4ccc(OC5CC6CC6C5)nn34)cc2s1)C1CC1. The predicted octanol–water partition coefficient (Wildman–Crippen LogP) is 4.41. The van der Waals surface area contributed by atoms with Gasteiger partial charge in [-0.3, -0.25) is 4.79 Å². The highest BCUT2D eigenvalue weighted by Gasteiger charge is 2.47. The van der Waals surface area contributed by atoms with Crippen molar-refractivity contribution in [2.75, 3.05) is 5.32 Å².